The van der Waals surface area contributed by atoms with Gasteiger partial charge >= 0.3 is 6.03 Å². The summed E-state index contributed by atoms with van der Waals surface area (Å²) < 4.78 is 6.26. The monoisotopic (exact) mass is 431 g/mol. The first-order valence-electron chi connectivity index (χ1n) is 9.12. The Morgan fingerprint density at radius 2 is 1.78 bits per heavy atom. The van der Waals surface area contributed by atoms with Crippen molar-refractivity contribution in [1.82, 2.24) is 4.90 Å². The molecule has 2 aromatic rings. The molecule has 6 heteroatoms. The molecule has 0 saturated carbocycles. The minimum atomic E-state index is -0.0373. The predicted octanol–water partition coefficient (Wildman–Crippen LogP) is 4.82. The van der Waals surface area contributed by atoms with Gasteiger partial charge in [0.15, 0.2) is 0 Å². The second kappa shape index (κ2) is 8.21. The molecule has 1 saturated heterocycles. The molecule has 0 aromatic heterocycles. The number of benzene rings is 2. The predicted molar refractivity (Wildman–Crippen MR) is 114 cm³/mol. The van der Waals surface area contributed by atoms with E-state index < -0.39 is 0 Å². The van der Waals surface area contributed by atoms with Crippen molar-refractivity contribution in [3.8, 4) is 5.75 Å². The molecule has 144 valence electrons. The lowest BCUT2D eigenvalue weighted by atomic mass is 10.1. The number of ether oxygens (including phenoxy) is 1. The van der Waals surface area contributed by atoms with E-state index in [0.29, 0.717) is 13.1 Å². The Balaban J connectivity index is 1.66. The van der Waals surface area contributed by atoms with Crippen LogP contribution in [0.1, 0.15) is 18.1 Å². The number of aryl methyl sites for hydroxylation is 2. The Hall–Kier alpha value is -2.21. The van der Waals surface area contributed by atoms with Crippen LogP contribution in [-0.2, 0) is 0 Å². The zero-order chi connectivity index (χ0) is 19.6. The zero-order valence-corrected chi connectivity index (χ0v) is 17.8. The molecule has 2 amide bonds. The van der Waals surface area contributed by atoms with Crippen molar-refractivity contribution < 1.29 is 9.53 Å². The first kappa shape index (κ1) is 19.5. The average molecular weight is 432 g/mol. The molecule has 1 aliphatic heterocycles. The number of hydrogen-bond acceptors (Lipinski definition) is 3. The summed E-state index contributed by atoms with van der Waals surface area (Å²) >= 11 is 3.50. The maximum atomic E-state index is 12.8. The minimum absolute atomic E-state index is 0.0373. The fraction of sp³-hybridized carbons (Fsp3) is 0.381. The Morgan fingerprint density at radius 3 is 2.33 bits per heavy atom. The molecule has 1 aliphatic rings. The number of nitrogens with one attached hydrogen (secondary N) is 1. The van der Waals surface area contributed by atoms with Crippen LogP contribution in [0.15, 0.2) is 40.9 Å². The van der Waals surface area contributed by atoms with E-state index in [1.54, 1.807) is 7.11 Å². The van der Waals surface area contributed by atoms with Gasteiger partial charge in [0.25, 0.3) is 0 Å². The van der Waals surface area contributed by atoms with Gasteiger partial charge in [-0.2, -0.15) is 0 Å². The van der Waals surface area contributed by atoms with Crippen molar-refractivity contribution in [2.45, 2.75) is 26.8 Å². The standard InChI is InChI=1S/C21H26BrN3O2/c1-14-11-17(22)12-15(2)20(14)23-21(26)24-9-10-25(16(3)13-24)18-5-7-19(27-4)8-6-18/h5-8,11-12,16H,9-10,13H2,1-4H3,(H,23,26). The first-order chi connectivity index (χ1) is 12.9. The lowest BCUT2D eigenvalue weighted by molar-refractivity contribution is 0.200. The van der Waals surface area contributed by atoms with Gasteiger partial charge in [-0.15, -0.1) is 0 Å². The SMILES string of the molecule is COc1ccc(N2CCN(C(=O)Nc3c(C)cc(Br)cc3C)CC2C)cc1. The van der Waals surface area contributed by atoms with Crippen LogP contribution in [0.5, 0.6) is 5.75 Å². The molecule has 1 fully saturated rings. The highest BCUT2D eigenvalue weighted by Gasteiger charge is 2.27. The van der Waals surface area contributed by atoms with Gasteiger partial charge in [-0.25, -0.2) is 4.79 Å². The third kappa shape index (κ3) is 4.38. The molecule has 2 aromatic carbocycles. The highest BCUT2D eigenvalue weighted by molar-refractivity contribution is 9.10. The zero-order valence-electron chi connectivity index (χ0n) is 16.3. The summed E-state index contributed by atoms with van der Waals surface area (Å²) in [7, 11) is 1.67. The summed E-state index contributed by atoms with van der Waals surface area (Å²) in [6.07, 6.45) is 0. The van der Waals surface area contributed by atoms with E-state index in [-0.39, 0.29) is 12.1 Å². The van der Waals surface area contributed by atoms with Crippen molar-refractivity contribution >= 4 is 33.3 Å². The van der Waals surface area contributed by atoms with Gasteiger partial charge in [0.05, 0.1) is 7.11 Å². The molecule has 1 atom stereocenters. The van der Waals surface area contributed by atoms with Gasteiger partial charge in [0.2, 0.25) is 0 Å². The Morgan fingerprint density at radius 1 is 1.15 bits per heavy atom. The quantitative estimate of drug-likeness (QED) is 0.757. The highest BCUT2D eigenvalue weighted by Crippen LogP contribution is 2.27. The molecule has 27 heavy (non-hydrogen) atoms. The van der Waals surface area contributed by atoms with Crippen LogP contribution in [0.3, 0.4) is 0 Å². The number of halogens is 1. The summed E-state index contributed by atoms with van der Waals surface area (Å²) in [6.45, 7) is 8.36. The number of rotatable bonds is 3. The van der Waals surface area contributed by atoms with E-state index in [9.17, 15) is 4.79 Å². The van der Waals surface area contributed by atoms with Crippen LogP contribution in [-0.4, -0.2) is 43.7 Å². The van der Waals surface area contributed by atoms with Crippen LogP contribution >= 0.6 is 15.9 Å². The molecule has 0 radical (unpaired) electrons. The number of urea groups is 1. The van der Waals surface area contributed by atoms with Gasteiger partial charge < -0.3 is 19.9 Å². The van der Waals surface area contributed by atoms with Crippen LogP contribution in [0.2, 0.25) is 0 Å². The molecule has 0 bridgehead atoms. The fourth-order valence-electron chi connectivity index (χ4n) is 3.59. The van der Waals surface area contributed by atoms with Gasteiger partial charge in [0, 0.05) is 41.5 Å². The number of hydrogen-bond donors (Lipinski definition) is 1. The molecular formula is C21H26BrN3O2. The topological polar surface area (TPSA) is 44.8 Å². The molecule has 5 nitrogen and oxygen atoms in total. The second-order valence-corrected chi connectivity index (χ2v) is 7.95. The third-order valence-electron chi connectivity index (χ3n) is 5.05. The third-order valence-corrected chi connectivity index (χ3v) is 5.51. The van der Waals surface area contributed by atoms with Crippen LogP contribution in [0, 0.1) is 13.8 Å². The van der Waals surface area contributed by atoms with E-state index in [2.05, 4.69) is 45.2 Å². The lowest BCUT2D eigenvalue weighted by Crippen LogP contribution is -2.54. The summed E-state index contributed by atoms with van der Waals surface area (Å²) in [5.41, 5.74) is 4.16. The Bertz CT molecular complexity index is 800. The van der Waals surface area contributed by atoms with E-state index in [4.69, 9.17) is 4.74 Å². The van der Waals surface area contributed by atoms with Gasteiger partial charge in [-0.05, 0) is 68.3 Å². The van der Waals surface area contributed by atoms with Gasteiger partial charge in [0.1, 0.15) is 5.75 Å². The summed E-state index contributed by atoms with van der Waals surface area (Å²) in [5.74, 6) is 0.852. The Labute approximate surface area is 169 Å². The summed E-state index contributed by atoms with van der Waals surface area (Å²) in [5, 5.41) is 3.10. The summed E-state index contributed by atoms with van der Waals surface area (Å²) in [6, 6.07) is 12.3. The first-order valence-corrected chi connectivity index (χ1v) is 9.91. The molecule has 1 unspecified atom stereocenters. The maximum absolute atomic E-state index is 12.8. The number of nitrogens with zero attached hydrogens (tertiary/aromatic N) is 2. The summed E-state index contributed by atoms with van der Waals surface area (Å²) in [4.78, 5) is 17.0. The number of piperazine rings is 1. The van der Waals surface area contributed by atoms with E-state index in [1.165, 1.54) is 0 Å². The minimum Gasteiger partial charge on any atom is -0.497 e. The molecule has 1 heterocycles. The van der Waals surface area contributed by atoms with Crippen molar-refractivity contribution in [3.05, 3.63) is 52.0 Å². The maximum Gasteiger partial charge on any atom is 0.321 e. The lowest BCUT2D eigenvalue weighted by Gasteiger charge is -2.41. The number of methoxy groups -OCH3 is 1. The Kier molecular flexibility index (Phi) is 5.95. The van der Waals surface area contributed by atoms with E-state index >= 15 is 0 Å². The fourth-order valence-corrected chi connectivity index (χ4v) is 4.28. The number of carbonyl (C=O) groups excluding carboxylic acids is 1. The van der Waals surface area contributed by atoms with Crippen molar-refractivity contribution in [1.29, 1.82) is 0 Å². The number of anilines is 2. The molecule has 1 N–H and O–H groups in total. The van der Waals surface area contributed by atoms with E-state index in [1.807, 2.05) is 43.0 Å². The molecule has 3 rings (SSSR count). The number of carbonyl (C=O) groups is 1. The average Bonchev–Trinajstić information content (AvgIpc) is 2.64. The van der Waals surface area contributed by atoms with Gasteiger partial charge in [-0.3, -0.25) is 0 Å². The molecule has 0 aliphatic carbocycles. The molecular weight excluding hydrogens is 406 g/mol. The van der Waals surface area contributed by atoms with Crippen molar-refractivity contribution in [3.63, 3.8) is 0 Å². The molecule has 0 spiro atoms. The normalized spacial score (nSPS) is 17.0. The van der Waals surface area contributed by atoms with Gasteiger partial charge in [-0.1, -0.05) is 15.9 Å². The highest BCUT2D eigenvalue weighted by atomic mass is 79.9. The van der Waals surface area contributed by atoms with Crippen molar-refractivity contribution in [2.75, 3.05) is 37.0 Å². The van der Waals surface area contributed by atoms with Crippen LogP contribution in [0.4, 0.5) is 16.2 Å². The van der Waals surface area contributed by atoms with E-state index in [0.717, 1.165) is 39.3 Å². The van der Waals surface area contributed by atoms with Crippen LogP contribution in [0.25, 0.3) is 0 Å². The second-order valence-electron chi connectivity index (χ2n) is 7.03. The number of amides is 2. The van der Waals surface area contributed by atoms with Crippen LogP contribution < -0.4 is 15.0 Å². The largest absolute Gasteiger partial charge is 0.497 e. The van der Waals surface area contributed by atoms with Crippen molar-refractivity contribution in [2.24, 2.45) is 0 Å². The smallest absolute Gasteiger partial charge is 0.321 e.